The van der Waals surface area contributed by atoms with Crippen molar-refractivity contribution < 1.29 is 36.9 Å². The molecular formula is C28H38F3N5O5. The number of aromatic nitrogens is 4. The Bertz CT molecular complexity index is 1270. The minimum atomic E-state index is -4.81. The van der Waals surface area contributed by atoms with Gasteiger partial charge in [0.2, 0.25) is 5.82 Å². The lowest BCUT2D eigenvalue weighted by Gasteiger charge is -2.52. The van der Waals surface area contributed by atoms with Gasteiger partial charge in [-0.1, -0.05) is 0 Å². The average Bonchev–Trinajstić information content (AvgIpc) is 3.22. The number of alkyl halides is 3. The Kier molecular flexibility index (Phi) is 7.61. The molecule has 0 bridgehead atoms. The molecule has 0 spiro atoms. The lowest BCUT2D eigenvalue weighted by atomic mass is 9.62. The summed E-state index contributed by atoms with van der Waals surface area (Å²) in [5, 5.41) is 4.56. The second-order valence-corrected chi connectivity index (χ2v) is 12.3. The minimum Gasteiger partial charge on any atom is -0.459 e. The summed E-state index contributed by atoms with van der Waals surface area (Å²) in [6.45, 7) is 9.39. The molecule has 0 aromatic carbocycles. The molecule has 3 aliphatic rings. The first-order valence-corrected chi connectivity index (χ1v) is 13.9. The fourth-order valence-corrected chi connectivity index (χ4v) is 6.02. The lowest BCUT2D eigenvalue weighted by molar-refractivity contribution is -0.281. The van der Waals surface area contributed by atoms with Gasteiger partial charge < -0.3 is 23.8 Å². The molecule has 3 fully saturated rings. The Labute approximate surface area is 237 Å². The molecule has 2 aliphatic heterocycles. The largest absolute Gasteiger partial charge is 0.459 e. The number of esters is 1. The smallest absolute Gasteiger partial charge is 0.451 e. The van der Waals surface area contributed by atoms with Crippen molar-refractivity contribution in [2.24, 2.45) is 0 Å². The molecule has 2 aromatic rings. The summed E-state index contributed by atoms with van der Waals surface area (Å²) in [6, 6.07) is 1.71. The van der Waals surface area contributed by atoms with Gasteiger partial charge in [0, 0.05) is 57.8 Å². The van der Waals surface area contributed by atoms with Crippen LogP contribution in [0.25, 0.3) is 0 Å². The zero-order valence-electron chi connectivity index (χ0n) is 24.4. The molecule has 5 rings (SSSR count). The molecule has 13 heteroatoms. The average molecular weight is 582 g/mol. The van der Waals surface area contributed by atoms with E-state index in [0.29, 0.717) is 39.1 Å². The van der Waals surface area contributed by atoms with Crippen LogP contribution in [0, 0.1) is 6.92 Å². The van der Waals surface area contributed by atoms with Gasteiger partial charge in [-0.25, -0.2) is 9.97 Å². The van der Waals surface area contributed by atoms with Crippen LogP contribution in [0.2, 0.25) is 0 Å². The van der Waals surface area contributed by atoms with Crippen LogP contribution in [0.15, 0.2) is 12.3 Å². The number of carbonyl (C=O) groups is 1. The van der Waals surface area contributed by atoms with Gasteiger partial charge in [-0.15, -0.1) is 0 Å². The molecule has 1 aliphatic carbocycles. The van der Waals surface area contributed by atoms with E-state index < -0.39 is 34.8 Å². The molecule has 0 unspecified atom stereocenters. The number of anilines is 1. The van der Waals surface area contributed by atoms with Crippen LogP contribution < -0.4 is 4.90 Å². The van der Waals surface area contributed by atoms with E-state index in [9.17, 15) is 18.0 Å². The van der Waals surface area contributed by atoms with E-state index in [2.05, 4.69) is 15.1 Å². The number of rotatable bonds is 7. The molecule has 0 N–H and O–H groups in total. The first kappa shape index (κ1) is 29.7. The molecule has 1 saturated carbocycles. The molecule has 4 heterocycles. The fourth-order valence-electron chi connectivity index (χ4n) is 6.02. The van der Waals surface area contributed by atoms with Gasteiger partial charge in [0.15, 0.2) is 5.79 Å². The van der Waals surface area contributed by atoms with Crippen LogP contribution >= 0.6 is 0 Å². The zero-order valence-corrected chi connectivity index (χ0v) is 24.4. The van der Waals surface area contributed by atoms with Gasteiger partial charge in [0.1, 0.15) is 16.8 Å². The second kappa shape index (κ2) is 10.5. The highest BCUT2D eigenvalue weighted by Gasteiger charge is 2.64. The monoisotopic (exact) mass is 581 g/mol. The number of nitrogens with zero attached hydrogens (tertiary/aromatic N) is 5. The summed E-state index contributed by atoms with van der Waals surface area (Å²) in [5.41, 5.74) is -0.128. The molecule has 41 heavy (non-hydrogen) atoms. The Hall–Kier alpha value is -2.77. The van der Waals surface area contributed by atoms with Gasteiger partial charge >= 0.3 is 12.1 Å². The molecule has 2 saturated heterocycles. The van der Waals surface area contributed by atoms with Crippen molar-refractivity contribution in [3.63, 3.8) is 0 Å². The second-order valence-electron chi connectivity index (χ2n) is 12.3. The number of ether oxygens (including phenoxy) is 4. The highest BCUT2D eigenvalue weighted by molar-refractivity contribution is 5.85. The quantitative estimate of drug-likeness (QED) is 0.350. The van der Waals surface area contributed by atoms with Gasteiger partial charge in [0.05, 0.1) is 31.1 Å². The predicted octanol–water partition coefficient (Wildman–Crippen LogP) is 4.32. The van der Waals surface area contributed by atoms with Crippen LogP contribution in [0.1, 0.15) is 81.2 Å². The standard InChI is InChI=1S/C28H38F3N5O5/c1-17-12-32-36(19-13-40-14-19)22(17)18-7-9-35(10-8-18)21-11-20(33-23(34-21)28(29,30)31)26(24(37)41-25(2,3)4)15-27(16-26,38-5)39-6/h11-12,18-19H,7-10,13-16H2,1-6H3. The van der Waals surface area contributed by atoms with Crippen molar-refractivity contribution in [2.45, 2.75) is 88.3 Å². The maximum atomic E-state index is 14.1. The first-order chi connectivity index (χ1) is 19.2. The number of hydrogen-bond acceptors (Lipinski definition) is 9. The molecule has 0 atom stereocenters. The van der Waals surface area contributed by atoms with Crippen LogP contribution in [0.5, 0.6) is 0 Å². The molecule has 2 aromatic heterocycles. The number of aryl methyl sites for hydroxylation is 1. The Morgan fingerprint density at radius 3 is 2.22 bits per heavy atom. The summed E-state index contributed by atoms with van der Waals surface area (Å²) >= 11 is 0. The third kappa shape index (κ3) is 5.55. The number of carbonyl (C=O) groups excluding carboxylic acids is 1. The maximum absolute atomic E-state index is 14.1. The van der Waals surface area contributed by atoms with E-state index in [1.165, 1.54) is 20.3 Å². The zero-order chi connectivity index (χ0) is 29.8. The van der Waals surface area contributed by atoms with Crippen LogP contribution in [0.3, 0.4) is 0 Å². The summed E-state index contributed by atoms with van der Waals surface area (Å²) < 4.78 is 66.4. The van der Waals surface area contributed by atoms with Crippen molar-refractivity contribution >= 4 is 11.8 Å². The highest BCUT2D eigenvalue weighted by Crippen LogP contribution is 2.54. The van der Waals surface area contributed by atoms with Crippen molar-refractivity contribution in [3.05, 3.63) is 35.0 Å². The van der Waals surface area contributed by atoms with Crippen molar-refractivity contribution in [1.29, 1.82) is 0 Å². The van der Waals surface area contributed by atoms with Crippen molar-refractivity contribution in [1.82, 2.24) is 19.7 Å². The van der Waals surface area contributed by atoms with Crippen LogP contribution in [0.4, 0.5) is 19.0 Å². The van der Waals surface area contributed by atoms with E-state index in [-0.39, 0.29) is 36.3 Å². The Morgan fingerprint density at radius 2 is 1.71 bits per heavy atom. The maximum Gasteiger partial charge on any atom is 0.451 e. The fraction of sp³-hybridized carbons (Fsp3) is 0.714. The summed E-state index contributed by atoms with van der Waals surface area (Å²) in [4.78, 5) is 23.2. The number of hydrogen-bond donors (Lipinski definition) is 0. The van der Waals surface area contributed by atoms with Gasteiger partial charge in [0.25, 0.3) is 0 Å². The van der Waals surface area contributed by atoms with Crippen molar-refractivity contribution in [3.8, 4) is 0 Å². The van der Waals surface area contributed by atoms with E-state index in [1.54, 1.807) is 20.8 Å². The number of piperidine rings is 1. The summed E-state index contributed by atoms with van der Waals surface area (Å²) in [6.07, 6.45) is -1.59. The van der Waals surface area contributed by atoms with E-state index in [4.69, 9.17) is 18.9 Å². The molecule has 0 radical (unpaired) electrons. The van der Waals surface area contributed by atoms with E-state index >= 15 is 0 Å². The van der Waals surface area contributed by atoms with E-state index in [0.717, 1.165) is 11.3 Å². The lowest BCUT2D eigenvalue weighted by Crippen LogP contribution is -2.62. The van der Waals surface area contributed by atoms with Gasteiger partial charge in [-0.05, 0) is 46.1 Å². The van der Waals surface area contributed by atoms with Gasteiger partial charge in [-0.3, -0.25) is 9.48 Å². The third-order valence-electron chi connectivity index (χ3n) is 8.33. The summed E-state index contributed by atoms with van der Waals surface area (Å²) in [7, 11) is 2.87. The molecule has 226 valence electrons. The SMILES string of the molecule is COC1(OC)CC(C(=O)OC(C)(C)C)(c2cc(N3CCC(c4c(C)cnn4C4COC4)CC3)nc(C(F)(F)F)n2)C1. The Morgan fingerprint density at radius 1 is 1.07 bits per heavy atom. The van der Waals surface area contributed by atoms with Crippen LogP contribution in [-0.2, 0) is 35.3 Å². The Balaban J connectivity index is 1.46. The number of halogens is 3. The summed E-state index contributed by atoms with van der Waals surface area (Å²) in [5.74, 6) is -2.75. The minimum absolute atomic E-state index is 0.0358. The topological polar surface area (TPSA) is 101 Å². The first-order valence-electron chi connectivity index (χ1n) is 13.9. The van der Waals surface area contributed by atoms with E-state index in [1.807, 2.05) is 22.7 Å². The number of methoxy groups -OCH3 is 2. The third-order valence-corrected chi connectivity index (χ3v) is 8.33. The van der Waals surface area contributed by atoms with Crippen molar-refractivity contribution in [2.75, 3.05) is 45.4 Å². The predicted molar refractivity (Wildman–Crippen MR) is 142 cm³/mol. The molecule has 0 amide bonds. The highest BCUT2D eigenvalue weighted by atomic mass is 19.4. The normalized spacial score (nSPS) is 21.3. The van der Waals surface area contributed by atoms with Gasteiger partial charge in [-0.2, -0.15) is 18.3 Å². The van der Waals surface area contributed by atoms with Crippen LogP contribution in [-0.4, -0.2) is 77.6 Å². The molecule has 10 nitrogen and oxygen atoms in total. The molecular weight excluding hydrogens is 543 g/mol.